The maximum absolute atomic E-state index is 12.8. The third-order valence-corrected chi connectivity index (χ3v) is 4.27. The lowest BCUT2D eigenvalue weighted by molar-refractivity contribution is -0.118. The summed E-state index contributed by atoms with van der Waals surface area (Å²) in [5, 5.41) is 2.84. The number of hydrogen-bond donors (Lipinski definition) is 1. The molecule has 0 aliphatic rings. The Hall–Kier alpha value is -1.81. The molecule has 2 rings (SSSR count). The highest BCUT2D eigenvalue weighted by molar-refractivity contribution is 8.00. The number of hydrogen-bond acceptors (Lipinski definition) is 2. The Balaban J connectivity index is 1.80. The van der Waals surface area contributed by atoms with Crippen molar-refractivity contribution in [2.45, 2.75) is 25.3 Å². The summed E-state index contributed by atoms with van der Waals surface area (Å²) in [4.78, 5) is 13.0. The molecule has 0 radical (unpaired) electrons. The Morgan fingerprint density at radius 1 is 1.14 bits per heavy atom. The van der Waals surface area contributed by atoms with E-state index in [0.29, 0.717) is 12.3 Å². The highest BCUT2D eigenvalue weighted by Gasteiger charge is 2.05. The molecule has 0 spiro atoms. The molecule has 0 heterocycles. The average molecular weight is 303 g/mol. The summed E-state index contributed by atoms with van der Waals surface area (Å²) in [5.41, 5.74) is 3.30. The highest BCUT2D eigenvalue weighted by Crippen LogP contribution is 2.22. The largest absolute Gasteiger partial charge is 0.351 e. The minimum absolute atomic E-state index is 0.0238. The summed E-state index contributed by atoms with van der Waals surface area (Å²) in [7, 11) is 0. The summed E-state index contributed by atoms with van der Waals surface area (Å²) in [5.74, 6) is 0.0882. The Bertz CT molecular complexity index is 625. The van der Waals surface area contributed by atoms with Crippen molar-refractivity contribution in [1.29, 1.82) is 0 Å². The molecule has 2 aromatic rings. The molecule has 0 bridgehead atoms. The number of nitrogens with one attached hydrogen (secondary N) is 1. The zero-order chi connectivity index (χ0) is 15.2. The van der Waals surface area contributed by atoms with Gasteiger partial charge in [0, 0.05) is 11.4 Å². The quantitative estimate of drug-likeness (QED) is 0.850. The Morgan fingerprint density at radius 3 is 2.52 bits per heavy atom. The molecule has 110 valence electrons. The van der Waals surface area contributed by atoms with Crippen LogP contribution in [-0.4, -0.2) is 11.7 Å². The third kappa shape index (κ3) is 4.90. The van der Waals surface area contributed by atoms with Gasteiger partial charge in [-0.15, -0.1) is 11.8 Å². The van der Waals surface area contributed by atoms with Crippen LogP contribution in [0.25, 0.3) is 0 Å². The second-order valence-electron chi connectivity index (χ2n) is 4.96. The molecule has 1 amide bonds. The average Bonchev–Trinajstić information content (AvgIpc) is 2.46. The van der Waals surface area contributed by atoms with Crippen molar-refractivity contribution in [2.24, 2.45) is 0 Å². The van der Waals surface area contributed by atoms with E-state index in [2.05, 4.69) is 18.3 Å². The predicted molar refractivity (Wildman–Crippen MR) is 84.9 cm³/mol. The molecule has 0 atom stereocenters. The van der Waals surface area contributed by atoms with Crippen molar-refractivity contribution in [1.82, 2.24) is 5.32 Å². The van der Waals surface area contributed by atoms with Gasteiger partial charge in [-0.05, 0) is 43.2 Å². The van der Waals surface area contributed by atoms with E-state index in [-0.39, 0.29) is 11.7 Å². The van der Waals surface area contributed by atoms with Crippen LogP contribution in [0.1, 0.15) is 16.7 Å². The van der Waals surface area contributed by atoms with Crippen LogP contribution < -0.4 is 5.32 Å². The normalized spacial score (nSPS) is 10.4. The fourth-order valence-corrected chi connectivity index (χ4v) is 2.80. The zero-order valence-corrected chi connectivity index (χ0v) is 13.0. The Kier molecular flexibility index (Phi) is 5.39. The molecule has 2 aromatic carbocycles. The Labute approximate surface area is 128 Å². The summed E-state index contributed by atoms with van der Waals surface area (Å²) < 4.78 is 12.8. The molecule has 4 heteroatoms. The smallest absolute Gasteiger partial charge is 0.230 e. The lowest BCUT2D eigenvalue weighted by Gasteiger charge is -2.08. The summed E-state index contributed by atoms with van der Waals surface area (Å²) in [6.45, 7) is 4.52. The second kappa shape index (κ2) is 7.27. The van der Waals surface area contributed by atoms with Gasteiger partial charge < -0.3 is 5.32 Å². The van der Waals surface area contributed by atoms with Gasteiger partial charge in [0.2, 0.25) is 5.91 Å². The van der Waals surface area contributed by atoms with Gasteiger partial charge in [-0.1, -0.05) is 29.8 Å². The maximum atomic E-state index is 12.8. The fourth-order valence-electron chi connectivity index (χ4n) is 1.96. The van der Waals surface area contributed by atoms with Crippen LogP contribution in [-0.2, 0) is 11.3 Å². The van der Waals surface area contributed by atoms with Gasteiger partial charge in [-0.25, -0.2) is 4.39 Å². The predicted octanol–water partition coefficient (Wildman–Crippen LogP) is 3.85. The molecule has 0 unspecified atom stereocenters. The topological polar surface area (TPSA) is 29.1 Å². The molecule has 0 fully saturated rings. The number of benzene rings is 2. The van der Waals surface area contributed by atoms with Gasteiger partial charge >= 0.3 is 0 Å². The standard InChI is InChI=1S/C17H18FNOS/c1-12-3-8-16(13(2)9-12)21-11-17(20)19-10-14-4-6-15(18)7-5-14/h3-9H,10-11H2,1-2H3,(H,19,20). The van der Waals surface area contributed by atoms with Crippen LogP contribution in [0.3, 0.4) is 0 Å². The minimum Gasteiger partial charge on any atom is -0.351 e. The molecular weight excluding hydrogens is 285 g/mol. The van der Waals surface area contributed by atoms with Crippen molar-refractivity contribution in [2.75, 3.05) is 5.75 Å². The van der Waals surface area contributed by atoms with Crippen LogP contribution in [0.5, 0.6) is 0 Å². The van der Waals surface area contributed by atoms with Crippen molar-refractivity contribution in [3.63, 3.8) is 0 Å². The molecular formula is C17H18FNOS. The molecule has 2 nitrogen and oxygen atoms in total. The van der Waals surface area contributed by atoms with Crippen molar-refractivity contribution >= 4 is 17.7 Å². The highest BCUT2D eigenvalue weighted by atomic mass is 32.2. The van der Waals surface area contributed by atoms with Gasteiger partial charge in [-0.2, -0.15) is 0 Å². The van der Waals surface area contributed by atoms with Crippen LogP contribution in [0.4, 0.5) is 4.39 Å². The van der Waals surface area contributed by atoms with Crippen molar-refractivity contribution < 1.29 is 9.18 Å². The molecule has 0 saturated heterocycles. The molecule has 1 N–H and O–H groups in total. The minimum atomic E-state index is -0.268. The van der Waals surface area contributed by atoms with Crippen LogP contribution in [0.15, 0.2) is 47.4 Å². The van der Waals surface area contributed by atoms with Gasteiger partial charge in [0.05, 0.1) is 5.75 Å². The monoisotopic (exact) mass is 303 g/mol. The fraction of sp³-hybridized carbons (Fsp3) is 0.235. The second-order valence-corrected chi connectivity index (χ2v) is 5.98. The molecule has 0 aliphatic heterocycles. The lowest BCUT2D eigenvalue weighted by Crippen LogP contribution is -2.24. The van der Waals surface area contributed by atoms with E-state index in [1.54, 1.807) is 12.1 Å². The molecule has 21 heavy (non-hydrogen) atoms. The van der Waals surface area contributed by atoms with Gasteiger partial charge in [0.15, 0.2) is 0 Å². The van der Waals surface area contributed by atoms with E-state index in [1.165, 1.54) is 35.0 Å². The van der Waals surface area contributed by atoms with Gasteiger partial charge in [0.1, 0.15) is 5.82 Å². The first-order valence-electron chi connectivity index (χ1n) is 6.76. The number of halogens is 1. The number of amides is 1. The van der Waals surface area contributed by atoms with Crippen molar-refractivity contribution in [3.05, 3.63) is 65.0 Å². The first-order valence-corrected chi connectivity index (χ1v) is 7.74. The van der Waals surface area contributed by atoms with Crippen LogP contribution in [0.2, 0.25) is 0 Å². The SMILES string of the molecule is Cc1ccc(SCC(=O)NCc2ccc(F)cc2)c(C)c1. The molecule has 0 aliphatic carbocycles. The number of rotatable bonds is 5. The first-order chi connectivity index (χ1) is 10.0. The summed E-state index contributed by atoms with van der Waals surface area (Å²) in [6, 6.07) is 12.3. The molecule has 0 saturated carbocycles. The van der Waals surface area contributed by atoms with E-state index in [9.17, 15) is 9.18 Å². The van der Waals surface area contributed by atoms with Crippen molar-refractivity contribution in [3.8, 4) is 0 Å². The lowest BCUT2D eigenvalue weighted by atomic mass is 10.2. The maximum Gasteiger partial charge on any atom is 0.230 e. The number of aryl methyl sites for hydroxylation is 2. The number of carbonyl (C=O) groups is 1. The van der Waals surface area contributed by atoms with Crippen LogP contribution in [0, 0.1) is 19.7 Å². The van der Waals surface area contributed by atoms with E-state index >= 15 is 0 Å². The summed E-state index contributed by atoms with van der Waals surface area (Å²) >= 11 is 1.53. The van der Waals surface area contributed by atoms with E-state index in [1.807, 2.05) is 19.1 Å². The van der Waals surface area contributed by atoms with Gasteiger partial charge in [-0.3, -0.25) is 4.79 Å². The summed E-state index contributed by atoms with van der Waals surface area (Å²) in [6.07, 6.45) is 0. The first kappa shape index (κ1) is 15.6. The number of carbonyl (C=O) groups excluding carboxylic acids is 1. The van der Waals surface area contributed by atoms with E-state index in [0.717, 1.165) is 10.5 Å². The van der Waals surface area contributed by atoms with Gasteiger partial charge in [0.25, 0.3) is 0 Å². The molecule has 0 aromatic heterocycles. The zero-order valence-electron chi connectivity index (χ0n) is 12.2. The van der Waals surface area contributed by atoms with E-state index < -0.39 is 0 Å². The Morgan fingerprint density at radius 2 is 1.86 bits per heavy atom. The number of thioether (sulfide) groups is 1. The third-order valence-electron chi connectivity index (χ3n) is 3.09. The van der Waals surface area contributed by atoms with Crippen LogP contribution >= 0.6 is 11.8 Å². The van der Waals surface area contributed by atoms with E-state index in [4.69, 9.17) is 0 Å².